The molecule has 34 heavy (non-hydrogen) atoms. The Balaban J connectivity index is 1.72. The van der Waals surface area contributed by atoms with Gasteiger partial charge in [0.2, 0.25) is 10.0 Å². The summed E-state index contributed by atoms with van der Waals surface area (Å²) in [4.78, 5) is 22.9. The summed E-state index contributed by atoms with van der Waals surface area (Å²) >= 11 is 0. The van der Waals surface area contributed by atoms with E-state index >= 15 is 0 Å². The molecule has 0 aliphatic rings. The highest BCUT2D eigenvalue weighted by molar-refractivity contribution is 7.92. The molecule has 0 spiro atoms. The number of nitrogens with zero attached hydrogens (tertiary/aromatic N) is 3. The van der Waals surface area contributed by atoms with Gasteiger partial charge in [-0.1, -0.05) is 30.3 Å². The van der Waals surface area contributed by atoms with Gasteiger partial charge in [-0.2, -0.15) is 5.10 Å². The van der Waals surface area contributed by atoms with Crippen molar-refractivity contribution in [3.8, 4) is 11.5 Å². The summed E-state index contributed by atoms with van der Waals surface area (Å²) in [5, 5.41) is 14.7. The lowest BCUT2D eigenvalue weighted by Crippen LogP contribution is -2.46. The summed E-state index contributed by atoms with van der Waals surface area (Å²) in [6.45, 7) is 1.42. The lowest BCUT2D eigenvalue weighted by Gasteiger charge is -2.27. The SMILES string of the molecule is C[C@H](C(=O)N/N=C\c1cccc([N+](=O)[O-])c1)N(c1ccc(Oc2ccccc2)cc1)S(C)(=O)=O. The molecule has 0 saturated heterocycles. The third kappa shape index (κ3) is 6.39. The molecule has 0 heterocycles. The van der Waals surface area contributed by atoms with Crippen molar-refractivity contribution in [2.45, 2.75) is 13.0 Å². The zero-order valence-corrected chi connectivity index (χ0v) is 19.2. The van der Waals surface area contributed by atoms with Crippen molar-refractivity contribution in [3.05, 3.63) is 94.5 Å². The number of ether oxygens (including phenoxy) is 1. The van der Waals surface area contributed by atoms with E-state index in [0.717, 1.165) is 10.6 Å². The Morgan fingerprint density at radius 1 is 1.06 bits per heavy atom. The Bertz CT molecular complexity index is 1290. The van der Waals surface area contributed by atoms with Gasteiger partial charge in [0.25, 0.3) is 11.6 Å². The molecule has 0 fully saturated rings. The number of hydrogen-bond donors (Lipinski definition) is 1. The Kier molecular flexibility index (Phi) is 7.59. The van der Waals surface area contributed by atoms with Gasteiger partial charge >= 0.3 is 0 Å². The van der Waals surface area contributed by atoms with Gasteiger partial charge in [0.1, 0.15) is 17.5 Å². The smallest absolute Gasteiger partial charge is 0.270 e. The number of anilines is 1. The second kappa shape index (κ2) is 10.6. The highest BCUT2D eigenvalue weighted by Gasteiger charge is 2.29. The van der Waals surface area contributed by atoms with Crippen LogP contribution in [0.2, 0.25) is 0 Å². The number of hydrogen-bond acceptors (Lipinski definition) is 7. The van der Waals surface area contributed by atoms with Crippen LogP contribution < -0.4 is 14.5 Å². The van der Waals surface area contributed by atoms with Crippen LogP contribution in [0, 0.1) is 10.1 Å². The molecule has 0 unspecified atom stereocenters. The molecule has 1 amide bonds. The molecule has 0 saturated carbocycles. The largest absolute Gasteiger partial charge is 0.457 e. The van der Waals surface area contributed by atoms with E-state index in [0.29, 0.717) is 17.1 Å². The van der Waals surface area contributed by atoms with E-state index in [1.54, 1.807) is 30.3 Å². The number of rotatable bonds is 9. The van der Waals surface area contributed by atoms with Gasteiger partial charge in [0, 0.05) is 17.7 Å². The fourth-order valence-electron chi connectivity index (χ4n) is 3.08. The first-order valence-electron chi connectivity index (χ1n) is 10.0. The standard InChI is InChI=1S/C23H22N4O6S/c1-17(23(28)25-24-16-18-7-6-8-20(15-18)27(29)30)26(34(2,31)32)19-11-13-22(14-12-19)33-21-9-4-3-5-10-21/h3-17H,1-2H3,(H,25,28)/b24-16-/t17-/m1/s1. The van der Waals surface area contributed by atoms with Crippen LogP contribution in [-0.2, 0) is 14.8 Å². The molecule has 3 rings (SSSR count). The fraction of sp³-hybridized carbons (Fsp3) is 0.130. The topological polar surface area (TPSA) is 131 Å². The third-order valence-corrected chi connectivity index (χ3v) is 5.87. The van der Waals surface area contributed by atoms with Crippen LogP contribution >= 0.6 is 0 Å². The Labute approximate surface area is 196 Å². The Morgan fingerprint density at radius 2 is 1.71 bits per heavy atom. The minimum atomic E-state index is -3.82. The van der Waals surface area contributed by atoms with Crippen molar-refractivity contribution in [2.75, 3.05) is 10.6 Å². The molecule has 0 bridgehead atoms. The number of non-ortho nitro benzene ring substituents is 1. The monoisotopic (exact) mass is 482 g/mol. The summed E-state index contributed by atoms with van der Waals surface area (Å²) in [5.74, 6) is 0.448. The molecule has 0 radical (unpaired) electrons. The number of nitro benzene ring substituents is 1. The number of carbonyl (C=O) groups excluding carboxylic acids is 1. The summed E-state index contributed by atoms with van der Waals surface area (Å²) < 4.78 is 31.6. The molecule has 176 valence electrons. The number of benzene rings is 3. The van der Waals surface area contributed by atoms with E-state index in [9.17, 15) is 23.3 Å². The van der Waals surface area contributed by atoms with Crippen molar-refractivity contribution in [1.82, 2.24) is 5.43 Å². The average molecular weight is 483 g/mol. The minimum Gasteiger partial charge on any atom is -0.457 e. The van der Waals surface area contributed by atoms with Crippen LogP contribution in [-0.4, -0.2) is 37.8 Å². The van der Waals surface area contributed by atoms with Crippen LogP contribution in [0.4, 0.5) is 11.4 Å². The molecule has 3 aromatic rings. The van der Waals surface area contributed by atoms with Gasteiger partial charge in [-0.25, -0.2) is 13.8 Å². The molecule has 3 aromatic carbocycles. The van der Waals surface area contributed by atoms with E-state index in [-0.39, 0.29) is 11.4 Å². The average Bonchev–Trinajstić information content (AvgIpc) is 2.80. The second-order valence-electron chi connectivity index (χ2n) is 7.23. The van der Waals surface area contributed by atoms with Gasteiger partial charge in [-0.15, -0.1) is 0 Å². The summed E-state index contributed by atoms with van der Waals surface area (Å²) in [6, 6.07) is 19.9. The van der Waals surface area contributed by atoms with Gasteiger partial charge in [0.15, 0.2) is 0 Å². The fourth-order valence-corrected chi connectivity index (χ4v) is 4.25. The number of amides is 1. The number of hydrazone groups is 1. The first-order valence-corrected chi connectivity index (χ1v) is 11.9. The normalized spacial score (nSPS) is 12.2. The maximum Gasteiger partial charge on any atom is 0.270 e. The predicted molar refractivity (Wildman–Crippen MR) is 129 cm³/mol. The Morgan fingerprint density at radius 3 is 2.32 bits per heavy atom. The molecular weight excluding hydrogens is 460 g/mol. The summed E-state index contributed by atoms with van der Waals surface area (Å²) in [7, 11) is -3.82. The van der Waals surface area contributed by atoms with Crippen LogP contribution in [0.15, 0.2) is 84.0 Å². The first kappa shape index (κ1) is 24.4. The number of sulfonamides is 1. The lowest BCUT2D eigenvalue weighted by molar-refractivity contribution is -0.384. The lowest BCUT2D eigenvalue weighted by atomic mass is 10.2. The number of nitro groups is 1. The van der Waals surface area contributed by atoms with Crippen molar-refractivity contribution in [2.24, 2.45) is 5.10 Å². The highest BCUT2D eigenvalue weighted by Crippen LogP contribution is 2.27. The van der Waals surface area contributed by atoms with Crippen molar-refractivity contribution < 1.29 is 22.9 Å². The molecule has 1 N–H and O–H groups in total. The van der Waals surface area contributed by atoms with E-state index in [1.165, 1.54) is 43.5 Å². The first-order chi connectivity index (χ1) is 16.1. The molecule has 1 atom stereocenters. The van der Waals surface area contributed by atoms with Crippen LogP contribution in [0.25, 0.3) is 0 Å². The van der Waals surface area contributed by atoms with E-state index in [4.69, 9.17) is 4.74 Å². The summed E-state index contributed by atoms with van der Waals surface area (Å²) in [5.41, 5.74) is 2.83. The van der Waals surface area contributed by atoms with Gasteiger partial charge in [0.05, 0.1) is 23.1 Å². The van der Waals surface area contributed by atoms with Crippen molar-refractivity contribution in [3.63, 3.8) is 0 Å². The zero-order chi connectivity index (χ0) is 24.7. The third-order valence-electron chi connectivity index (χ3n) is 4.63. The van der Waals surface area contributed by atoms with Crippen molar-refractivity contribution in [1.29, 1.82) is 0 Å². The van der Waals surface area contributed by atoms with E-state index < -0.39 is 26.9 Å². The highest BCUT2D eigenvalue weighted by atomic mass is 32.2. The van der Waals surface area contributed by atoms with Crippen LogP contribution in [0.3, 0.4) is 0 Å². The number of para-hydroxylation sites is 1. The number of nitrogens with one attached hydrogen (secondary N) is 1. The molecule has 0 aliphatic heterocycles. The van der Waals surface area contributed by atoms with Gasteiger partial charge < -0.3 is 4.74 Å². The van der Waals surface area contributed by atoms with Crippen molar-refractivity contribution >= 4 is 33.5 Å². The van der Waals surface area contributed by atoms with E-state index in [1.807, 2.05) is 18.2 Å². The number of carbonyl (C=O) groups is 1. The molecule has 11 heteroatoms. The van der Waals surface area contributed by atoms with Gasteiger partial charge in [-0.3, -0.25) is 19.2 Å². The zero-order valence-electron chi connectivity index (χ0n) is 18.4. The molecule has 0 aromatic heterocycles. The minimum absolute atomic E-state index is 0.119. The van der Waals surface area contributed by atoms with Crippen LogP contribution in [0.5, 0.6) is 11.5 Å². The van der Waals surface area contributed by atoms with Gasteiger partial charge in [-0.05, 0) is 43.3 Å². The quantitative estimate of drug-likeness (QED) is 0.281. The Hall–Kier alpha value is -4.25. The molecule has 10 nitrogen and oxygen atoms in total. The molecular formula is C23H22N4O6S. The van der Waals surface area contributed by atoms with Crippen LogP contribution in [0.1, 0.15) is 12.5 Å². The maximum atomic E-state index is 12.6. The van der Waals surface area contributed by atoms with E-state index in [2.05, 4.69) is 10.5 Å². The predicted octanol–water partition coefficient (Wildman–Crippen LogP) is 3.69. The second-order valence-corrected chi connectivity index (χ2v) is 9.09. The summed E-state index contributed by atoms with van der Waals surface area (Å²) in [6.07, 6.45) is 2.23. The molecule has 0 aliphatic carbocycles. The maximum absolute atomic E-state index is 12.6.